The molecule has 2 amide bonds. The number of rotatable bonds is 12. The van der Waals surface area contributed by atoms with Crippen molar-refractivity contribution < 1.29 is 23.8 Å². The van der Waals surface area contributed by atoms with Crippen molar-refractivity contribution in [2.45, 2.75) is 45.3 Å². The smallest absolute Gasteiger partial charge is 0.254 e. The van der Waals surface area contributed by atoms with Crippen molar-refractivity contribution in [3.05, 3.63) is 59.7 Å². The number of carbonyl (C=O) groups is 2. The van der Waals surface area contributed by atoms with Crippen LogP contribution >= 0.6 is 0 Å². The Morgan fingerprint density at radius 2 is 1.78 bits per heavy atom. The van der Waals surface area contributed by atoms with E-state index in [0.29, 0.717) is 56.3 Å². The first-order chi connectivity index (χ1) is 17.8. The summed E-state index contributed by atoms with van der Waals surface area (Å²) in [6.07, 6.45) is 1.35. The Morgan fingerprint density at radius 1 is 1.03 bits per heavy atom. The zero-order chi connectivity index (χ0) is 26.8. The van der Waals surface area contributed by atoms with Crippen LogP contribution in [0, 0.1) is 5.92 Å². The Labute approximate surface area is 220 Å². The molecule has 8 nitrogen and oxygen atoms in total. The van der Waals surface area contributed by atoms with Gasteiger partial charge < -0.3 is 29.3 Å². The average Bonchev–Trinajstić information content (AvgIpc) is 2.91. The zero-order valence-corrected chi connectivity index (χ0v) is 22.7. The summed E-state index contributed by atoms with van der Waals surface area (Å²) in [6.45, 7) is 6.89. The Bertz CT molecular complexity index is 1010. The van der Waals surface area contributed by atoms with Crippen LogP contribution in [0.4, 0.5) is 0 Å². The molecule has 1 saturated heterocycles. The normalized spacial score (nSPS) is 17.4. The molecule has 37 heavy (non-hydrogen) atoms. The highest BCUT2D eigenvalue weighted by Crippen LogP contribution is 2.30. The molecule has 8 heteroatoms. The SMILES string of the molecule is COCCCOc1cc(C(=O)N(C(C)C)C2CNC[C@@H](C(=O)N(C)Cc3ccccc3)C2)ccc1OC. The van der Waals surface area contributed by atoms with Gasteiger partial charge in [0.25, 0.3) is 5.91 Å². The molecule has 1 aliphatic heterocycles. The number of hydrogen-bond donors (Lipinski definition) is 1. The van der Waals surface area contributed by atoms with Crippen LogP contribution < -0.4 is 14.8 Å². The molecule has 0 saturated carbocycles. The van der Waals surface area contributed by atoms with Gasteiger partial charge in [-0.1, -0.05) is 30.3 Å². The number of nitrogens with zero attached hydrogens (tertiary/aromatic N) is 2. The van der Waals surface area contributed by atoms with E-state index in [4.69, 9.17) is 14.2 Å². The lowest BCUT2D eigenvalue weighted by Gasteiger charge is -2.40. The van der Waals surface area contributed by atoms with Gasteiger partial charge in [0.15, 0.2) is 11.5 Å². The molecule has 1 unspecified atom stereocenters. The van der Waals surface area contributed by atoms with Gasteiger partial charge in [0.05, 0.1) is 19.6 Å². The first-order valence-corrected chi connectivity index (χ1v) is 13.0. The largest absolute Gasteiger partial charge is 0.493 e. The molecule has 1 heterocycles. The summed E-state index contributed by atoms with van der Waals surface area (Å²) < 4.78 is 16.4. The Kier molecular flexibility index (Phi) is 10.8. The standard InChI is InChI=1S/C29H41N3O5/c1-21(2)32(29(34)23-12-13-26(36-5)27(17-23)37-15-9-14-35-4)25-16-24(18-30-19-25)28(33)31(3)20-22-10-7-6-8-11-22/h6-8,10-13,17,21,24-25,30H,9,14-16,18-20H2,1-5H3/t24-,25?/m0/s1. The van der Waals surface area contributed by atoms with Crippen molar-refractivity contribution in [1.82, 2.24) is 15.1 Å². The Morgan fingerprint density at radius 3 is 2.46 bits per heavy atom. The maximum atomic E-state index is 13.8. The molecule has 0 aliphatic carbocycles. The molecule has 0 bridgehead atoms. The number of benzene rings is 2. The van der Waals surface area contributed by atoms with Crippen LogP contribution in [-0.2, 0) is 16.1 Å². The predicted molar refractivity (Wildman–Crippen MR) is 144 cm³/mol. The summed E-state index contributed by atoms with van der Waals surface area (Å²) in [5.41, 5.74) is 1.63. The van der Waals surface area contributed by atoms with Crippen molar-refractivity contribution in [2.24, 2.45) is 5.92 Å². The number of methoxy groups -OCH3 is 2. The second-order valence-electron chi connectivity index (χ2n) is 9.79. The third-order valence-electron chi connectivity index (χ3n) is 6.66. The van der Waals surface area contributed by atoms with Gasteiger partial charge in [-0.3, -0.25) is 9.59 Å². The minimum Gasteiger partial charge on any atom is -0.493 e. The van der Waals surface area contributed by atoms with E-state index in [1.807, 2.05) is 56.1 Å². The maximum Gasteiger partial charge on any atom is 0.254 e. The fourth-order valence-electron chi connectivity index (χ4n) is 4.85. The molecular weight excluding hydrogens is 470 g/mol. The van der Waals surface area contributed by atoms with E-state index in [2.05, 4.69) is 5.32 Å². The zero-order valence-electron chi connectivity index (χ0n) is 22.7. The summed E-state index contributed by atoms with van der Waals surface area (Å²) in [7, 11) is 5.08. The van der Waals surface area contributed by atoms with Crippen LogP contribution in [0.1, 0.15) is 42.6 Å². The van der Waals surface area contributed by atoms with Gasteiger partial charge in [0, 0.05) is 64.5 Å². The number of carbonyl (C=O) groups excluding carboxylic acids is 2. The second-order valence-corrected chi connectivity index (χ2v) is 9.79. The van der Waals surface area contributed by atoms with E-state index in [1.165, 1.54) is 0 Å². The number of nitrogens with one attached hydrogen (secondary N) is 1. The highest BCUT2D eigenvalue weighted by Gasteiger charge is 2.35. The van der Waals surface area contributed by atoms with Crippen molar-refractivity contribution in [3.8, 4) is 11.5 Å². The quantitative estimate of drug-likeness (QED) is 0.439. The molecular formula is C29H41N3O5. The molecule has 0 aromatic heterocycles. The summed E-state index contributed by atoms with van der Waals surface area (Å²) in [6, 6.07) is 15.1. The Balaban J connectivity index is 1.72. The fourth-order valence-corrected chi connectivity index (χ4v) is 4.85. The van der Waals surface area contributed by atoms with Crippen molar-refractivity contribution in [3.63, 3.8) is 0 Å². The summed E-state index contributed by atoms with van der Waals surface area (Å²) in [4.78, 5) is 30.7. The first-order valence-electron chi connectivity index (χ1n) is 13.0. The number of amides is 2. The van der Waals surface area contributed by atoms with E-state index >= 15 is 0 Å². The lowest BCUT2D eigenvalue weighted by molar-refractivity contribution is -0.136. The minimum atomic E-state index is -0.197. The number of piperidine rings is 1. The van der Waals surface area contributed by atoms with Crippen LogP contribution in [0.3, 0.4) is 0 Å². The van der Waals surface area contributed by atoms with E-state index in [1.54, 1.807) is 37.3 Å². The fraction of sp³-hybridized carbons (Fsp3) is 0.517. The van der Waals surface area contributed by atoms with Gasteiger partial charge in [-0.15, -0.1) is 0 Å². The van der Waals surface area contributed by atoms with E-state index in [9.17, 15) is 9.59 Å². The molecule has 1 N–H and O–H groups in total. The van der Waals surface area contributed by atoms with Crippen molar-refractivity contribution >= 4 is 11.8 Å². The molecule has 2 atom stereocenters. The van der Waals surface area contributed by atoms with Gasteiger partial charge in [-0.25, -0.2) is 0 Å². The summed E-state index contributed by atoms with van der Waals surface area (Å²) in [5.74, 6) is 0.921. The minimum absolute atomic E-state index is 0.0385. The lowest BCUT2D eigenvalue weighted by Crippen LogP contribution is -2.55. The monoisotopic (exact) mass is 511 g/mol. The highest BCUT2D eigenvalue weighted by molar-refractivity contribution is 5.95. The third kappa shape index (κ3) is 7.69. The number of hydrogen-bond acceptors (Lipinski definition) is 6. The maximum absolute atomic E-state index is 13.8. The van der Waals surface area contributed by atoms with Gasteiger partial charge in [0.2, 0.25) is 5.91 Å². The summed E-state index contributed by atoms with van der Waals surface area (Å²) in [5, 5.41) is 3.40. The first kappa shape index (κ1) is 28.5. The molecule has 3 rings (SSSR count). The molecule has 2 aromatic rings. The molecule has 1 fully saturated rings. The van der Waals surface area contributed by atoms with E-state index in [-0.39, 0.29) is 29.8 Å². The van der Waals surface area contributed by atoms with E-state index in [0.717, 1.165) is 12.0 Å². The van der Waals surface area contributed by atoms with Gasteiger partial charge in [-0.05, 0) is 44.0 Å². The molecule has 0 spiro atoms. The second kappa shape index (κ2) is 14.0. The average molecular weight is 512 g/mol. The van der Waals surface area contributed by atoms with Crippen LogP contribution in [0.2, 0.25) is 0 Å². The topological polar surface area (TPSA) is 80.3 Å². The Hall–Kier alpha value is -3.10. The lowest BCUT2D eigenvalue weighted by atomic mass is 9.92. The van der Waals surface area contributed by atoms with Crippen LogP contribution in [0.5, 0.6) is 11.5 Å². The summed E-state index contributed by atoms with van der Waals surface area (Å²) >= 11 is 0. The molecule has 1 aliphatic rings. The number of ether oxygens (including phenoxy) is 3. The van der Waals surface area contributed by atoms with Gasteiger partial charge in [0.1, 0.15) is 0 Å². The van der Waals surface area contributed by atoms with Crippen LogP contribution in [-0.4, -0.2) is 81.3 Å². The molecule has 0 radical (unpaired) electrons. The molecule has 202 valence electrons. The highest BCUT2D eigenvalue weighted by atomic mass is 16.5. The van der Waals surface area contributed by atoms with Crippen LogP contribution in [0.15, 0.2) is 48.5 Å². The van der Waals surface area contributed by atoms with Crippen molar-refractivity contribution in [1.29, 1.82) is 0 Å². The predicted octanol–water partition coefficient (Wildman–Crippen LogP) is 3.60. The molecule has 2 aromatic carbocycles. The van der Waals surface area contributed by atoms with Gasteiger partial charge >= 0.3 is 0 Å². The van der Waals surface area contributed by atoms with E-state index < -0.39 is 0 Å². The van der Waals surface area contributed by atoms with Gasteiger partial charge in [-0.2, -0.15) is 0 Å². The van der Waals surface area contributed by atoms with Crippen molar-refractivity contribution in [2.75, 3.05) is 47.6 Å². The van der Waals surface area contributed by atoms with Crippen LogP contribution in [0.25, 0.3) is 0 Å². The third-order valence-corrected chi connectivity index (χ3v) is 6.66.